The van der Waals surface area contributed by atoms with Crippen LogP contribution in [0.15, 0.2) is 36.5 Å². The smallest absolute Gasteiger partial charge is 0.241 e. The minimum Gasteiger partial charge on any atom is -0.352 e. The van der Waals surface area contributed by atoms with Crippen molar-refractivity contribution < 1.29 is 9.59 Å². The van der Waals surface area contributed by atoms with Gasteiger partial charge >= 0.3 is 0 Å². The van der Waals surface area contributed by atoms with Gasteiger partial charge in [-0.1, -0.05) is 18.2 Å². The lowest BCUT2D eigenvalue weighted by molar-refractivity contribution is -0.135. The van der Waals surface area contributed by atoms with Crippen LogP contribution >= 0.6 is 0 Å². The average molecular weight is 383 g/mol. The number of nitrogens with one attached hydrogen (secondary N) is 3. The van der Waals surface area contributed by atoms with Crippen molar-refractivity contribution in [1.82, 2.24) is 25.6 Å². The Labute approximate surface area is 165 Å². The first kappa shape index (κ1) is 19.0. The van der Waals surface area contributed by atoms with Crippen LogP contribution in [0.25, 0.3) is 10.9 Å². The molecule has 0 radical (unpaired) electrons. The Bertz CT molecular complexity index is 861. The topological polar surface area (TPSA) is 78.4 Å². The van der Waals surface area contributed by atoms with Crippen LogP contribution in [0.5, 0.6) is 0 Å². The largest absolute Gasteiger partial charge is 0.352 e. The summed E-state index contributed by atoms with van der Waals surface area (Å²) in [7, 11) is 0. The molecule has 28 heavy (non-hydrogen) atoms. The lowest BCUT2D eigenvalue weighted by Gasteiger charge is -2.31. The lowest BCUT2D eigenvalue weighted by atomic mass is 10.1. The molecule has 0 aliphatic carbocycles. The van der Waals surface area contributed by atoms with Crippen LogP contribution in [0.4, 0.5) is 0 Å². The summed E-state index contributed by atoms with van der Waals surface area (Å²) < 4.78 is 2.23. The molecule has 2 aliphatic heterocycles. The number of hydrogen-bond acceptors (Lipinski definition) is 4. The van der Waals surface area contributed by atoms with Gasteiger partial charge in [-0.15, -0.1) is 0 Å². The van der Waals surface area contributed by atoms with Crippen molar-refractivity contribution in [3.05, 3.63) is 36.5 Å². The van der Waals surface area contributed by atoms with E-state index in [0.29, 0.717) is 13.0 Å². The summed E-state index contributed by atoms with van der Waals surface area (Å²) in [5, 5.41) is 4.20. The minimum atomic E-state index is -0.244. The van der Waals surface area contributed by atoms with E-state index in [4.69, 9.17) is 0 Å². The molecule has 1 aromatic carbocycles. The fourth-order valence-electron chi connectivity index (χ4n) is 4.25. The molecule has 0 spiro atoms. The first-order valence-corrected chi connectivity index (χ1v) is 10.2. The molecule has 3 heterocycles. The molecule has 0 saturated carbocycles. The van der Waals surface area contributed by atoms with E-state index in [9.17, 15) is 9.59 Å². The fraction of sp³-hybridized carbons (Fsp3) is 0.524. The van der Waals surface area contributed by atoms with Gasteiger partial charge in [-0.25, -0.2) is 5.43 Å². The van der Waals surface area contributed by atoms with E-state index in [1.54, 1.807) is 0 Å². The van der Waals surface area contributed by atoms with E-state index in [1.807, 2.05) is 30.9 Å². The molecule has 7 nitrogen and oxygen atoms in total. The van der Waals surface area contributed by atoms with E-state index in [2.05, 4.69) is 45.1 Å². The third-order valence-corrected chi connectivity index (χ3v) is 5.79. The summed E-state index contributed by atoms with van der Waals surface area (Å²) in [6.07, 6.45) is 4.20. The maximum atomic E-state index is 13.1. The maximum absolute atomic E-state index is 13.1. The Hall–Kier alpha value is -2.38. The molecular formula is C21H29N5O2. The molecule has 3 atom stereocenters. The van der Waals surface area contributed by atoms with Crippen LogP contribution in [-0.2, 0) is 16.1 Å². The lowest BCUT2D eigenvalue weighted by Crippen LogP contribution is -2.52. The minimum absolute atomic E-state index is 0.0650. The Morgan fingerprint density at radius 1 is 1.21 bits per heavy atom. The molecular weight excluding hydrogens is 354 g/mol. The summed E-state index contributed by atoms with van der Waals surface area (Å²) in [6, 6.07) is 10.6. The number of benzene rings is 1. The number of hydrazine groups is 1. The average Bonchev–Trinajstić information content (AvgIpc) is 3.40. The van der Waals surface area contributed by atoms with Crippen molar-refractivity contribution in [2.24, 2.45) is 0 Å². The molecule has 4 rings (SSSR count). The fourth-order valence-corrected chi connectivity index (χ4v) is 4.25. The molecule has 1 aromatic heterocycles. The number of carbonyl (C=O) groups is 2. The monoisotopic (exact) mass is 383 g/mol. The maximum Gasteiger partial charge on any atom is 0.241 e. The number of aromatic nitrogens is 1. The van der Waals surface area contributed by atoms with Gasteiger partial charge in [-0.05, 0) is 44.2 Å². The van der Waals surface area contributed by atoms with Crippen LogP contribution in [0, 0.1) is 0 Å². The Morgan fingerprint density at radius 3 is 2.79 bits per heavy atom. The van der Waals surface area contributed by atoms with Gasteiger partial charge in [0, 0.05) is 49.3 Å². The first-order chi connectivity index (χ1) is 13.5. The zero-order valence-electron chi connectivity index (χ0n) is 16.5. The molecule has 7 heteroatoms. The summed E-state index contributed by atoms with van der Waals surface area (Å²) in [5.74, 6) is 0.185. The Morgan fingerprint density at radius 2 is 2.04 bits per heavy atom. The highest BCUT2D eigenvalue weighted by molar-refractivity contribution is 5.83. The van der Waals surface area contributed by atoms with Gasteiger partial charge in [-0.3, -0.25) is 15.0 Å². The molecule has 3 N–H and O–H groups in total. The Kier molecular flexibility index (Phi) is 5.37. The van der Waals surface area contributed by atoms with E-state index >= 15 is 0 Å². The molecule has 150 valence electrons. The highest BCUT2D eigenvalue weighted by atomic mass is 16.2. The molecule has 2 fully saturated rings. The zero-order valence-corrected chi connectivity index (χ0v) is 16.5. The van der Waals surface area contributed by atoms with Gasteiger partial charge < -0.3 is 14.8 Å². The predicted molar refractivity (Wildman–Crippen MR) is 108 cm³/mol. The van der Waals surface area contributed by atoms with Gasteiger partial charge in [0.2, 0.25) is 11.8 Å². The zero-order chi connectivity index (χ0) is 19.7. The third-order valence-electron chi connectivity index (χ3n) is 5.79. The molecule has 2 aliphatic rings. The van der Waals surface area contributed by atoms with Crippen molar-refractivity contribution in [2.45, 2.75) is 63.8 Å². The second kappa shape index (κ2) is 7.93. The van der Waals surface area contributed by atoms with Crippen LogP contribution in [0.3, 0.4) is 0 Å². The second-order valence-corrected chi connectivity index (χ2v) is 8.19. The number of para-hydroxylation sites is 1. The van der Waals surface area contributed by atoms with E-state index in [0.717, 1.165) is 19.4 Å². The van der Waals surface area contributed by atoms with E-state index < -0.39 is 0 Å². The normalized spacial score (nSPS) is 24.8. The summed E-state index contributed by atoms with van der Waals surface area (Å²) in [4.78, 5) is 26.5. The SMILES string of the molecule is CC(C)N(CC1CCC(=O)N1)C(=O)C1CC(Cn2ccc3ccccc32)NN1. The Balaban J connectivity index is 1.38. The van der Waals surface area contributed by atoms with Gasteiger partial charge in [0.1, 0.15) is 6.04 Å². The van der Waals surface area contributed by atoms with Crippen LogP contribution in [0.2, 0.25) is 0 Å². The van der Waals surface area contributed by atoms with Crippen molar-refractivity contribution >= 4 is 22.7 Å². The van der Waals surface area contributed by atoms with Crippen LogP contribution in [0.1, 0.15) is 33.1 Å². The summed E-state index contributed by atoms with van der Waals surface area (Å²) >= 11 is 0. The first-order valence-electron chi connectivity index (χ1n) is 10.2. The molecule has 0 bridgehead atoms. The van der Waals surface area contributed by atoms with Crippen molar-refractivity contribution in [3.63, 3.8) is 0 Å². The third kappa shape index (κ3) is 3.91. The van der Waals surface area contributed by atoms with Crippen molar-refractivity contribution in [3.8, 4) is 0 Å². The molecule has 2 aromatic rings. The quantitative estimate of drug-likeness (QED) is 0.705. The summed E-state index contributed by atoms with van der Waals surface area (Å²) in [5.41, 5.74) is 7.70. The summed E-state index contributed by atoms with van der Waals surface area (Å²) in [6.45, 7) is 5.44. The molecule has 2 saturated heterocycles. The van der Waals surface area contributed by atoms with E-state index in [1.165, 1.54) is 10.9 Å². The second-order valence-electron chi connectivity index (χ2n) is 8.19. The van der Waals surface area contributed by atoms with Crippen molar-refractivity contribution in [2.75, 3.05) is 6.54 Å². The van der Waals surface area contributed by atoms with Gasteiger partial charge in [0.25, 0.3) is 0 Å². The van der Waals surface area contributed by atoms with Crippen LogP contribution in [-0.4, -0.2) is 52.0 Å². The standard InChI is InChI=1S/C21H29N5O2/c1-14(2)26(13-16-7-8-20(27)22-16)21(28)18-11-17(23-24-18)12-25-10-9-15-5-3-4-6-19(15)25/h3-6,9-10,14,16-18,23-24H,7-8,11-13H2,1-2H3,(H,22,27). The van der Waals surface area contributed by atoms with Gasteiger partial charge in [-0.2, -0.15) is 0 Å². The predicted octanol–water partition coefficient (Wildman–Crippen LogP) is 1.39. The van der Waals surface area contributed by atoms with Gasteiger partial charge in [0.05, 0.1) is 0 Å². The highest BCUT2D eigenvalue weighted by Crippen LogP contribution is 2.19. The van der Waals surface area contributed by atoms with Gasteiger partial charge in [0.15, 0.2) is 0 Å². The van der Waals surface area contributed by atoms with E-state index in [-0.39, 0.29) is 36.0 Å². The number of carbonyl (C=O) groups excluding carboxylic acids is 2. The molecule has 2 amide bonds. The number of rotatable bonds is 6. The number of hydrogen-bond donors (Lipinski definition) is 3. The van der Waals surface area contributed by atoms with Crippen molar-refractivity contribution in [1.29, 1.82) is 0 Å². The molecule has 3 unspecified atom stereocenters. The van der Waals surface area contributed by atoms with Crippen LogP contribution < -0.4 is 16.2 Å². The highest BCUT2D eigenvalue weighted by Gasteiger charge is 2.35. The number of amides is 2. The number of fused-ring (bicyclic) bond motifs is 1. The number of nitrogens with zero attached hydrogens (tertiary/aromatic N) is 2.